The molecule has 0 spiro atoms. The summed E-state index contributed by atoms with van der Waals surface area (Å²) in [6.07, 6.45) is 3.03. The van der Waals surface area contributed by atoms with E-state index in [1.807, 2.05) is 24.3 Å². The predicted molar refractivity (Wildman–Crippen MR) is 68.1 cm³/mol. The smallest absolute Gasteiger partial charge is 0.144 e. The fraction of sp³-hybridized carbons (Fsp3) is 0.308. The first-order chi connectivity index (χ1) is 8.33. The highest BCUT2D eigenvalue weighted by molar-refractivity contribution is 5.84. The molecule has 4 nitrogen and oxygen atoms in total. The van der Waals surface area contributed by atoms with Gasteiger partial charge < -0.3 is 15.8 Å². The first-order valence-corrected chi connectivity index (χ1v) is 5.84. The van der Waals surface area contributed by atoms with Crippen molar-refractivity contribution < 1.29 is 4.74 Å². The van der Waals surface area contributed by atoms with Crippen LogP contribution in [0.4, 0.5) is 5.69 Å². The monoisotopic (exact) mass is 229 g/mol. The Hall–Kier alpha value is -1.81. The summed E-state index contributed by atoms with van der Waals surface area (Å²) >= 11 is 0. The molecule has 1 unspecified atom stereocenters. The largest absolute Gasteiger partial charge is 0.487 e. The Labute approximate surface area is 99.8 Å². The number of nitrogen functional groups attached to an aromatic ring is 1. The van der Waals surface area contributed by atoms with E-state index in [1.54, 1.807) is 6.20 Å². The third-order valence-corrected chi connectivity index (χ3v) is 3.04. The molecule has 2 aromatic rings. The fourth-order valence-corrected chi connectivity index (χ4v) is 2.13. The molecular weight excluding hydrogens is 214 g/mol. The van der Waals surface area contributed by atoms with E-state index in [4.69, 9.17) is 10.5 Å². The average molecular weight is 229 g/mol. The Balaban J connectivity index is 1.95. The number of nitrogens with zero attached hydrogens (tertiary/aromatic N) is 1. The zero-order valence-corrected chi connectivity index (χ0v) is 9.52. The minimum atomic E-state index is 0.221. The first-order valence-electron chi connectivity index (χ1n) is 5.84. The lowest BCUT2D eigenvalue weighted by atomic mass is 10.2. The molecule has 1 fully saturated rings. The van der Waals surface area contributed by atoms with E-state index >= 15 is 0 Å². The van der Waals surface area contributed by atoms with E-state index in [1.165, 1.54) is 0 Å². The van der Waals surface area contributed by atoms with Gasteiger partial charge in [0.25, 0.3) is 0 Å². The van der Waals surface area contributed by atoms with Crippen molar-refractivity contribution >= 4 is 16.6 Å². The lowest BCUT2D eigenvalue weighted by Crippen LogP contribution is -2.20. The number of hydrogen-bond donors (Lipinski definition) is 2. The average Bonchev–Trinajstić information content (AvgIpc) is 2.83. The summed E-state index contributed by atoms with van der Waals surface area (Å²) in [5.41, 5.74) is 7.59. The van der Waals surface area contributed by atoms with Crippen LogP contribution in [0.2, 0.25) is 0 Å². The summed E-state index contributed by atoms with van der Waals surface area (Å²) in [7, 11) is 0. The number of nitrogens with one attached hydrogen (secondary N) is 1. The van der Waals surface area contributed by atoms with Crippen LogP contribution in [0.15, 0.2) is 30.5 Å². The molecule has 17 heavy (non-hydrogen) atoms. The van der Waals surface area contributed by atoms with Crippen LogP contribution in [0.25, 0.3) is 10.9 Å². The molecule has 2 heterocycles. The summed E-state index contributed by atoms with van der Waals surface area (Å²) in [5, 5.41) is 4.31. The van der Waals surface area contributed by atoms with E-state index in [-0.39, 0.29) is 6.10 Å². The van der Waals surface area contributed by atoms with Crippen molar-refractivity contribution in [2.45, 2.75) is 12.5 Å². The number of fused-ring (bicyclic) bond motifs is 1. The zero-order valence-electron chi connectivity index (χ0n) is 9.52. The van der Waals surface area contributed by atoms with Gasteiger partial charge >= 0.3 is 0 Å². The Kier molecular flexibility index (Phi) is 2.57. The van der Waals surface area contributed by atoms with Gasteiger partial charge in [-0.05, 0) is 25.1 Å². The summed E-state index contributed by atoms with van der Waals surface area (Å²) < 4.78 is 5.89. The van der Waals surface area contributed by atoms with Gasteiger partial charge in [-0.3, -0.25) is 4.98 Å². The Morgan fingerprint density at radius 2 is 2.35 bits per heavy atom. The summed E-state index contributed by atoms with van der Waals surface area (Å²) in [6, 6.07) is 7.74. The minimum absolute atomic E-state index is 0.221. The SMILES string of the molecule is Nc1cc2cccnc2cc1OC1CCNC1. The fourth-order valence-electron chi connectivity index (χ4n) is 2.13. The van der Waals surface area contributed by atoms with Crippen molar-refractivity contribution in [1.82, 2.24) is 10.3 Å². The van der Waals surface area contributed by atoms with Gasteiger partial charge in [-0.15, -0.1) is 0 Å². The summed E-state index contributed by atoms with van der Waals surface area (Å²) in [5.74, 6) is 0.741. The van der Waals surface area contributed by atoms with Crippen molar-refractivity contribution in [3.63, 3.8) is 0 Å². The van der Waals surface area contributed by atoms with Gasteiger partial charge in [-0.1, -0.05) is 6.07 Å². The summed E-state index contributed by atoms with van der Waals surface area (Å²) in [6.45, 7) is 1.90. The van der Waals surface area contributed by atoms with Crippen molar-refractivity contribution in [3.05, 3.63) is 30.5 Å². The van der Waals surface area contributed by atoms with Gasteiger partial charge in [0.2, 0.25) is 0 Å². The van der Waals surface area contributed by atoms with Gasteiger partial charge in [0.05, 0.1) is 11.2 Å². The topological polar surface area (TPSA) is 60.2 Å². The standard InChI is InChI=1S/C13H15N3O/c14-11-6-9-2-1-4-16-12(9)7-13(11)17-10-3-5-15-8-10/h1-2,4,6-7,10,15H,3,5,8,14H2. The number of rotatable bonds is 2. The second kappa shape index (κ2) is 4.22. The number of hydrogen-bond acceptors (Lipinski definition) is 4. The molecule has 0 aliphatic carbocycles. The molecule has 88 valence electrons. The van der Waals surface area contributed by atoms with E-state index in [9.17, 15) is 0 Å². The molecule has 1 saturated heterocycles. The molecule has 1 aliphatic rings. The third-order valence-electron chi connectivity index (χ3n) is 3.04. The minimum Gasteiger partial charge on any atom is -0.487 e. The molecule has 3 rings (SSSR count). The maximum absolute atomic E-state index is 5.99. The van der Waals surface area contributed by atoms with E-state index in [2.05, 4.69) is 10.3 Å². The van der Waals surface area contributed by atoms with Gasteiger partial charge in [0, 0.05) is 24.2 Å². The molecule has 1 atom stereocenters. The molecule has 0 bridgehead atoms. The second-order valence-corrected chi connectivity index (χ2v) is 4.32. The van der Waals surface area contributed by atoms with Crippen LogP contribution in [-0.2, 0) is 0 Å². The number of ether oxygens (including phenoxy) is 1. The van der Waals surface area contributed by atoms with Crippen LogP contribution >= 0.6 is 0 Å². The Morgan fingerprint density at radius 3 is 3.18 bits per heavy atom. The molecule has 1 aliphatic heterocycles. The lowest BCUT2D eigenvalue weighted by molar-refractivity contribution is 0.224. The second-order valence-electron chi connectivity index (χ2n) is 4.32. The highest BCUT2D eigenvalue weighted by Crippen LogP contribution is 2.28. The lowest BCUT2D eigenvalue weighted by Gasteiger charge is -2.14. The van der Waals surface area contributed by atoms with Crippen LogP contribution in [0, 0.1) is 0 Å². The zero-order chi connectivity index (χ0) is 11.7. The van der Waals surface area contributed by atoms with Gasteiger partial charge in [0.1, 0.15) is 11.9 Å². The molecule has 4 heteroatoms. The van der Waals surface area contributed by atoms with Crippen LogP contribution in [0.5, 0.6) is 5.75 Å². The normalized spacial score (nSPS) is 19.6. The number of anilines is 1. The van der Waals surface area contributed by atoms with Crippen molar-refractivity contribution in [3.8, 4) is 5.75 Å². The number of aromatic nitrogens is 1. The third kappa shape index (κ3) is 2.03. The van der Waals surface area contributed by atoms with Gasteiger partial charge in [-0.2, -0.15) is 0 Å². The van der Waals surface area contributed by atoms with Crippen molar-refractivity contribution in [1.29, 1.82) is 0 Å². The molecule has 0 saturated carbocycles. The number of benzene rings is 1. The van der Waals surface area contributed by atoms with E-state index < -0.39 is 0 Å². The van der Waals surface area contributed by atoms with Gasteiger partial charge in [0.15, 0.2) is 0 Å². The van der Waals surface area contributed by atoms with Crippen molar-refractivity contribution in [2.75, 3.05) is 18.8 Å². The molecule has 1 aromatic carbocycles. The predicted octanol–water partition coefficient (Wildman–Crippen LogP) is 1.56. The molecule has 0 radical (unpaired) electrons. The quantitative estimate of drug-likeness (QED) is 0.767. The number of pyridine rings is 1. The van der Waals surface area contributed by atoms with Crippen LogP contribution in [-0.4, -0.2) is 24.2 Å². The Morgan fingerprint density at radius 1 is 1.41 bits per heavy atom. The molecule has 0 amide bonds. The van der Waals surface area contributed by atoms with E-state index in [0.717, 1.165) is 36.2 Å². The molecular formula is C13H15N3O. The van der Waals surface area contributed by atoms with E-state index in [0.29, 0.717) is 5.69 Å². The maximum atomic E-state index is 5.99. The highest BCUT2D eigenvalue weighted by Gasteiger charge is 2.17. The van der Waals surface area contributed by atoms with Crippen LogP contribution in [0.3, 0.4) is 0 Å². The van der Waals surface area contributed by atoms with Crippen molar-refractivity contribution in [2.24, 2.45) is 0 Å². The Bertz CT molecular complexity index is 535. The van der Waals surface area contributed by atoms with Gasteiger partial charge in [-0.25, -0.2) is 0 Å². The first kappa shape index (κ1) is 10.4. The summed E-state index contributed by atoms with van der Waals surface area (Å²) in [4.78, 5) is 4.31. The van der Waals surface area contributed by atoms with Crippen LogP contribution < -0.4 is 15.8 Å². The highest BCUT2D eigenvalue weighted by atomic mass is 16.5. The maximum Gasteiger partial charge on any atom is 0.144 e. The molecule has 1 aromatic heterocycles. The van der Waals surface area contributed by atoms with Crippen LogP contribution in [0.1, 0.15) is 6.42 Å². The molecule has 3 N–H and O–H groups in total. The number of nitrogens with two attached hydrogens (primary N) is 1.